The number of aromatic nitrogens is 3. The molecule has 0 radical (unpaired) electrons. The van der Waals surface area contributed by atoms with Crippen LogP contribution in [0.2, 0.25) is 0 Å². The third-order valence-corrected chi connectivity index (χ3v) is 1.03. The van der Waals surface area contributed by atoms with Gasteiger partial charge >= 0.3 is 53.7 Å². The normalized spacial score (nSPS) is 9.12. The second kappa shape index (κ2) is 2.07. The monoisotopic (exact) mass is 176 g/mol. The minimum absolute atomic E-state index is 0.260. The van der Waals surface area contributed by atoms with Gasteiger partial charge in [0.15, 0.2) is 0 Å². The van der Waals surface area contributed by atoms with Gasteiger partial charge in [-0.1, -0.05) is 0 Å². The van der Waals surface area contributed by atoms with E-state index in [-0.39, 0.29) is 5.95 Å². The Kier molecular flexibility index (Phi) is 1.41. The Balaban J connectivity index is 3.08. The second-order valence-corrected chi connectivity index (χ2v) is 1.98. The van der Waals surface area contributed by atoms with Crippen LogP contribution in [0.25, 0.3) is 0 Å². The standard InChI is InChI=1S/C3H4N4Se/c4-2-5-1-6-3(8)7-2/h1H,(H3,4,5,6,7,8). The zero-order chi connectivity index (χ0) is 5.98. The number of nitrogens with zero attached hydrogens (tertiary/aromatic N) is 3. The Bertz CT molecular complexity index is 171. The summed E-state index contributed by atoms with van der Waals surface area (Å²) in [5, 5.41) is 0. The zero-order valence-electron chi connectivity index (χ0n) is 3.94. The van der Waals surface area contributed by atoms with E-state index < -0.39 is 0 Å². The van der Waals surface area contributed by atoms with Gasteiger partial charge in [0.2, 0.25) is 0 Å². The van der Waals surface area contributed by atoms with Gasteiger partial charge in [-0.3, -0.25) is 0 Å². The van der Waals surface area contributed by atoms with Crippen LogP contribution < -0.4 is 10.5 Å². The van der Waals surface area contributed by atoms with Gasteiger partial charge in [0.1, 0.15) is 0 Å². The summed E-state index contributed by atoms with van der Waals surface area (Å²) in [6.07, 6.45) is 1.37. The van der Waals surface area contributed by atoms with E-state index in [1.165, 1.54) is 6.33 Å². The van der Waals surface area contributed by atoms with Crippen LogP contribution in [-0.4, -0.2) is 31.0 Å². The molecule has 1 aromatic heterocycles. The molecule has 0 spiro atoms. The first-order valence-electron chi connectivity index (χ1n) is 1.92. The van der Waals surface area contributed by atoms with Crippen LogP contribution in [0.4, 0.5) is 5.95 Å². The summed E-state index contributed by atoms with van der Waals surface area (Å²) in [7, 11) is 0. The molecule has 8 heavy (non-hydrogen) atoms. The van der Waals surface area contributed by atoms with E-state index in [1.54, 1.807) is 0 Å². The van der Waals surface area contributed by atoms with Gasteiger partial charge in [0, 0.05) is 0 Å². The molecule has 0 aliphatic rings. The Labute approximate surface area is 54.4 Å². The fraction of sp³-hybridized carbons (Fsp3) is 0. The summed E-state index contributed by atoms with van der Waals surface area (Å²) in [6.45, 7) is 0. The molecule has 0 bridgehead atoms. The van der Waals surface area contributed by atoms with Gasteiger partial charge in [-0.2, -0.15) is 0 Å². The van der Waals surface area contributed by atoms with Gasteiger partial charge in [0.05, 0.1) is 0 Å². The van der Waals surface area contributed by atoms with E-state index in [2.05, 4.69) is 31.0 Å². The molecule has 1 aromatic rings. The molecule has 0 saturated carbocycles. The van der Waals surface area contributed by atoms with Gasteiger partial charge < -0.3 is 0 Å². The average Bonchev–Trinajstić information content (AvgIpc) is 1.64. The van der Waals surface area contributed by atoms with Crippen molar-refractivity contribution in [2.24, 2.45) is 0 Å². The fourth-order valence-electron chi connectivity index (χ4n) is 0.300. The first kappa shape index (κ1) is 5.47. The quantitative estimate of drug-likeness (QED) is 0.462. The number of hydrogen-bond acceptors (Lipinski definition) is 4. The molecule has 0 amide bonds. The molecule has 0 atom stereocenters. The van der Waals surface area contributed by atoms with E-state index in [0.717, 1.165) is 0 Å². The average molecular weight is 175 g/mol. The molecule has 0 aliphatic heterocycles. The number of anilines is 1. The second-order valence-electron chi connectivity index (χ2n) is 1.14. The number of nitrogen functional groups attached to an aromatic ring is 1. The molecule has 1 heterocycles. The number of hydrogen-bond donors (Lipinski definition) is 1. The Hall–Kier alpha value is -0.671. The molecule has 0 unspecified atom stereocenters. The Morgan fingerprint density at radius 1 is 1.50 bits per heavy atom. The molecule has 1 rings (SSSR count). The molecule has 0 fully saturated rings. The van der Waals surface area contributed by atoms with Gasteiger partial charge in [-0.15, -0.1) is 0 Å². The van der Waals surface area contributed by atoms with Crippen LogP contribution in [0.3, 0.4) is 0 Å². The number of rotatable bonds is 0. The van der Waals surface area contributed by atoms with Crippen LogP contribution in [0, 0.1) is 0 Å². The maximum atomic E-state index is 5.19. The van der Waals surface area contributed by atoms with Crippen molar-refractivity contribution in [3.8, 4) is 0 Å². The first-order valence-corrected chi connectivity index (χ1v) is 2.86. The van der Waals surface area contributed by atoms with Gasteiger partial charge in [-0.25, -0.2) is 0 Å². The topological polar surface area (TPSA) is 64.7 Å². The van der Waals surface area contributed by atoms with Crippen molar-refractivity contribution in [1.82, 2.24) is 15.0 Å². The number of nitrogens with two attached hydrogens (primary N) is 1. The minimum atomic E-state index is 0.260. The molecular formula is C3H4N4Se. The Morgan fingerprint density at radius 2 is 2.25 bits per heavy atom. The molecule has 2 N–H and O–H groups in total. The van der Waals surface area contributed by atoms with Crippen molar-refractivity contribution in [2.45, 2.75) is 0 Å². The summed E-state index contributed by atoms with van der Waals surface area (Å²) in [6, 6.07) is 0. The fourth-order valence-corrected chi connectivity index (χ4v) is 0.623. The van der Waals surface area contributed by atoms with E-state index in [1.807, 2.05) is 0 Å². The van der Waals surface area contributed by atoms with Crippen molar-refractivity contribution < 1.29 is 0 Å². The van der Waals surface area contributed by atoms with Crippen molar-refractivity contribution in [3.05, 3.63) is 6.33 Å². The van der Waals surface area contributed by atoms with Crippen LogP contribution in [-0.2, 0) is 0 Å². The van der Waals surface area contributed by atoms with E-state index >= 15 is 0 Å². The van der Waals surface area contributed by atoms with Crippen molar-refractivity contribution in [2.75, 3.05) is 5.73 Å². The molecule has 0 saturated heterocycles. The summed E-state index contributed by atoms with van der Waals surface area (Å²) < 4.78 is 0.588. The third kappa shape index (κ3) is 1.15. The first-order chi connectivity index (χ1) is 3.79. The molecule has 42 valence electrons. The molecule has 4 nitrogen and oxygen atoms in total. The Morgan fingerprint density at radius 3 is 2.62 bits per heavy atom. The third-order valence-electron chi connectivity index (χ3n) is 0.578. The predicted molar refractivity (Wildman–Crippen MR) is 31.0 cm³/mol. The molecular weight excluding hydrogens is 171 g/mol. The summed E-state index contributed by atoms with van der Waals surface area (Å²) in [5.41, 5.74) is 5.19. The van der Waals surface area contributed by atoms with E-state index in [4.69, 9.17) is 5.73 Å². The van der Waals surface area contributed by atoms with Gasteiger partial charge in [-0.05, 0) is 0 Å². The zero-order valence-corrected chi connectivity index (χ0v) is 5.82. The van der Waals surface area contributed by atoms with Crippen molar-refractivity contribution in [1.29, 1.82) is 0 Å². The summed E-state index contributed by atoms with van der Waals surface area (Å²) in [5.74, 6) is 0.260. The van der Waals surface area contributed by atoms with Crippen molar-refractivity contribution in [3.63, 3.8) is 0 Å². The molecule has 0 aliphatic carbocycles. The predicted octanol–water partition coefficient (Wildman–Crippen LogP) is -2.02. The van der Waals surface area contributed by atoms with Crippen molar-refractivity contribution >= 4 is 26.7 Å². The summed E-state index contributed by atoms with van der Waals surface area (Å²) in [4.78, 5) is 11.0. The SMILES string of the molecule is Nc1ncnc([SeH])n1. The maximum absolute atomic E-state index is 5.19. The molecule has 5 heteroatoms. The van der Waals surface area contributed by atoms with Crippen LogP contribution in [0.5, 0.6) is 0 Å². The van der Waals surface area contributed by atoms with Crippen LogP contribution in [0.15, 0.2) is 6.33 Å². The van der Waals surface area contributed by atoms with Crippen LogP contribution >= 0.6 is 0 Å². The van der Waals surface area contributed by atoms with E-state index in [0.29, 0.717) is 4.72 Å². The van der Waals surface area contributed by atoms with Crippen LogP contribution in [0.1, 0.15) is 0 Å². The van der Waals surface area contributed by atoms with E-state index in [9.17, 15) is 0 Å². The van der Waals surface area contributed by atoms with Gasteiger partial charge in [0.25, 0.3) is 0 Å². The summed E-state index contributed by atoms with van der Waals surface area (Å²) >= 11 is 2.18. The molecule has 0 aromatic carbocycles.